The molecule has 5 heteroatoms. The van der Waals surface area contributed by atoms with Crippen LogP contribution >= 0.6 is 23.2 Å². The van der Waals surface area contributed by atoms with Crippen LogP contribution in [0.1, 0.15) is 10.4 Å². The predicted molar refractivity (Wildman–Crippen MR) is 83.2 cm³/mol. The third kappa shape index (κ3) is 2.84. The van der Waals surface area contributed by atoms with E-state index in [9.17, 15) is 4.79 Å². The van der Waals surface area contributed by atoms with E-state index in [-0.39, 0.29) is 0 Å². The minimum atomic E-state index is -0.471. The topological polar surface area (TPSA) is 39.2 Å². The van der Waals surface area contributed by atoms with Gasteiger partial charge in [-0.05, 0) is 48.5 Å². The molecule has 0 aliphatic heterocycles. The lowest BCUT2D eigenvalue weighted by molar-refractivity contribution is 0.0737. The second kappa shape index (κ2) is 5.72. The molecule has 0 unspecified atom stereocenters. The highest BCUT2D eigenvalue weighted by molar-refractivity contribution is 6.35. The van der Waals surface area contributed by atoms with Crippen molar-refractivity contribution >= 4 is 40.1 Å². The van der Waals surface area contributed by atoms with E-state index in [1.54, 1.807) is 48.7 Å². The van der Waals surface area contributed by atoms with Gasteiger partial charge in [-0.1, -0.05) is 23.2 Å². The van der Waals surface area contributed by atoms with Crippen LogP contribution in [0, 0.1) is 0 Å². The Hall–Kier alpha value is -2.10. The number of hydrogen-bond acceptors (Lipinski definition) is 3. The maximum absolute atomic E-state index is 12.1. The SMILES string of the molecule is O=C(Oc1ccc(Cl)c2cccnc12)c1ccc(Cl)cc1. The Morgan fingerprint density at radius 1 is 1.00 bits per heavy atom. The van der Waals surface area contributed by atoms with Gasteiger partial charge < -0.3 is 4.74 Å². The molecule has 21 heavy (non-hydrogen) atoms. The van der Waals surface area contributed by atoms with Crippen molar-refractivity contribution in [3.8, 4) is 5.75 Å². The van der Waals surface area contributed by atoms with Crippen LogP contribution in [0.4, 0.5) is 0 Å². The first-order valence-corrected chi connectivity index (χ1v) is 6.92. The number of halogens is 2. The molecule has 0 saturated heterocycles. The van der Waals surface area contributed by atoms with Crippen LogP contribution in [-0.2, 0) is 0 Å². The standard InChI is InChI=1S/C16H9Cl2NO2/c17-11-5-3-10(4-6-11)16(20)21-14-8-7-13(18)12-2-1-9-19-15(12)14/h1-9H. The Labute approximate surface area is 131 Å². The van der Waals surface area contributed by atoms with Gasteiger partial charge >= 0.3 is 5.97 Å². The fraction of sp³-hybridized carbons (Fsp3) is 0. The zero-order valence-corrected chi connectivity index (χ0v) is 12.2. The Balaban J connectivity index is 1.97. The monoisotopic (exact) mass is 317 g/mol. The summed E-state index contributed by atoms with van der Waals surface area (Å²) >= 11 is 11.9. The minimum Gasteiger partial charge on any atom is -0.421 e. The Bertz CT molecular complexity index is 816. The van der Waals surface area contributed by atoms with Gasteiger partial charge in [0.15, 0.2) is 5.75 Å². The van der Waals surface area contributed by atoms with Crippen molar-refractivity contribution in [1.82, 2.24) is 4.98 Å². The molecule has 0 aliphatic rings. The highest BCUT2D eigenvalue weighted by atomic mass is 35.5. The van der Waals surface area contributed by atoms with E-state index in [0.717, 1.165) is 5.39 Å². The van der Waals surface area contributed by atoms with Crippen molar-refractivity contribution in [2.45, 2.75) is 0 Å². The number of ether oxygens (including phenoxy) is 1. The van der Waals surface area contributed by atoms with Crippen LogP contribution in [0.25, 0.3) is 10.9 Å². The molecule has 3 aromatic rings. The van der Waals surface area contributed by atoms with E-state index in [1.807, 2.05) is 6.07 Å². The molecule has 0 N–H and O–H groups in total. The largest absolute Gasteiger partial charge is 0.421 e. The van der Waals surface area contributed by atoms with Gasteiger partial charge in [-0.2, -0.15) is 0 Å². The molecule has 0 fully saturated rings. The van der Waals surface area contributed by atoms with Crippen LogP contribution in [0.5, 0.6) is 5.75 Å². The fourth-order valence-electron chi connectivity index (χ4n) is 1.94. The molecule has 0 spiro atoms. The lowest BCUT2D eigenvalue weighted by atomic mass is 10.2. The van der Waals surface area contributed by atoms with Gasteiger partial charge in [0.25, 0.3) is 0 Å². The first kappa shape index (κ1) is 13.9. The van der Waals surface area contributed by atoms with Crippen molar-refractivity contribution in [3.05, 3.63) is 70.3 Å². The molecule has 3 nitrogen and oxygen atoms in total. The van der Waals surface area contributed by atoms with E-state index in [4.69, 9.17) is 27.9 Å². The van der Waals surface area contributed by atoms with Gasteiger partial charge in [-0.15, -0.1) is 0 Å². The normalized spacial score (nSPS) is 10.6. The van der Waals surface area contributed by atoms with E-state index < -0.39 is 5.97 Å². The van der Waals surface area contributed by atoms with Crippen LogP contribution in [-0.4, -0.2) is 11.0 Å². The second-order valence-corrected chi connectivity index (χ2v) is 5.19. The molecule has 0 radical (unpaired) electrons. The van der Waals surface area contributed by atoms with Gasteiger partial charge in [0.1, 0.15) is 5.52 Å². The number of carbonyl (C=O) groups is 1. The summed E-state index contributed by atoms with van der Waals surface area (Å²) in [6.45, 7) is 0. The summed E-state index contributed by atoms with van der Waals surface area (Å²) in [7, 11) is 0. The molecule has 2 aromatic carbocycles. The summed E-state index contributed by atoms with van der Waals surface area (Å²) in [6, 6.07) is 13.4. The summed E-state index contributed by atoms with van der Waals surface area (Å²) in [6.07, 6.45) is 1.62. The molecule has 0 bridgehead atoms. The molecule has 0 aliphatic carbocycles. The Morgan fingerprint density at radius 3 is 2.52 bits per heavy atom. The quantitative estimate of drug-likeness (QED) is 0.505. The van der Waals surface area contributed by atoms with Crippen molar-refractivity contribution < 1.29 is 9.53 Å². The predicted octanol–water partition coefficient (Wildman–Crippen LogP) is 4.76. The highest BCUT2D eigenvalue weighted by Gasteiger charge is 2.12. The average Bonchev–Trinajstić information content (AvgIpc) is 2.51. The average molecular weight is 318 g/mol. The van der Waals surface area contributed by atoms with Gasteiger partial charge in [0.05, 0.1) is 10.6 Å². The van der Waals surface area contributed by atoms with Crippen LogP contribution in [0.15, 0.2) is 54.7 Å². The summed E-state index contributed by atoms with van der Waals surface area (Å²) in [4.78, 5) is 16.3. The molecular formula is C16H9Cl2NO2. The lowest BCUT2D eigenvalue weighted by Crippen LogP contribution is -2.08. The maximum atomic E-state index is 12.1. The maximum Gasteiger partial charge on any atom is 0.343 e. The number of nitrogens with zero attached hydrogens (tertiary/aromatic N) is 1. The van der Waals surface area contributed by atoms with Crippen molar-refractivity contribution in [3.63, 3.8) is 0 Å². The minimum absolute atomic E-state index is 0.370. The zero-order chi connectivity index (χ0) is 14.8. The number of pyridine rings is 1. The number of esters is 1. The van der Waals surface area contributed by atoms with E-state index >= 15 is 0 Å². The van der Waals surface area contributed by atoms with E-state index in [1.165, 1.54) is 0 Å². The second-order valence-electron chi connectivity index (χ2n) is 4.34. The lowest BCUT2D eigenvalue weighted by Gasteiger charge is -2.08. The van der Waals surface area contributed by atoms with Crippen molar-refractivity contribution in [1.29, 1.82) is 0 Å². The molecule has 0 amide bonds. The Morgan fingerprint density at radius 2 is 1.76 bits per heavy atom. The molecule has 3 rings (SSSR count). The molecule has 1 heterocycles. The highest BCUT2D eigenvalue weighted by Crippen LogP contribution is 2.30. The van der Waals surface area contributed by atoms with Crippen LogP contribution in [0.2, 0.25) is 10.0 Å². The van der Waals surface area contributed by atoms with Crippen LogP contribution < -0.4 is 4.74 Å². The summed E-state index contributed by atoms with van der Waals surface area (Å²) in [5, 5.41) is 1.86. The molecule has 104 valence electrons. The number of rotatable bonds is 2. The van der Waals surface area contributed by atoms with Gasteiger partial charge in [-0.25, -0.2) is 4.79 Å². The number of benzene rings is 2. The fourth-order valence-corrected chi connectivity index (χ4v) is 2.28. The molecule has 0 atom stereocenters. The van der Waals surface area contributed by atoms with Crippen molar-refractivity contribution in [2.75, 3.05) is 0 Å². The smallest absolute Gasteiger partial charge is 0.343 e. The molecule has 0 saturated carbocycles. The first-order chi connectivity index (χ1) is 10.1. The Kier molecular flexibility index (Phi) is 3.78. The third-order valence-electron chi connectivity index (χ3n) is 2.96. The van der Waals surface area contributed by atoms with Gasteiger partial charge in [0.2, 0.25) is 0 Å². The summed E-state index contributed by atoms with van der Waals surface area (Å²) < 4.78 is 5.41. The molecule has 1 aromatic heterocycles. The zero-order valence-electron chi connectivity index (χ0n) is 10.7. The number of fused-ring (bicyclic) bond motifs is 1. The molecular weight excluding hydrogens is 309 g/mol. The number of carbonyl (C=O) groups excluding carboxylic acids is 1. The van der Waals surface area contributed by atoms with E-state index in [0.29, 0.717) is 26.9 Å². The van der Waals surface area contributed by atoms with Gasteiger partial charge in [-0.3, -0.25) is 4.98 Å². The van der Waals surface area contributed by atoms with Gasteiger partial charge in [0, 0.05) is 16.6 Å². The number of hydrogen-bond donors (Lipinski definition) is 0. The first-order valence-electron chi connectivity index (χ1n) is 6.16. The number of aromatic nitrogens is 1. The van der Waals surface area contributed by atoms with E-state index in [2.05, 4.69) is 4.98 Å². The van der Waals surface area contributed by atoms with Crippen LogP contribution in [0.3, 0.4) is 0 Å². The third-order valence-corrected chi connectivity index (χ3v) is 3.54. The summed E-state index contributed by atoms with van der Waals surface area (Å²) in [5.74, 6) is -0.101. The summed E-state index contributed by atoms with van der Waals surface area (Å²) in [5.41, 5.74) is 0.964. The van der Waals surface area contributed by atoms with Crippen molar-refractivity contribution in [2.24, 2.45) is 0 Å².